The third kappa shape index (κ3) is 2.14. The molecule has 0 unspecified atom stereocenters. The number of hydrogen-bond donors (Lipinski definition) is 2. The van der Waals surface area contributed by atoms with Gasteiger partial charge in [0.1, 0.15) is 0 Å². The second-order valence-corrected chi connectivity index (χ2v) is 6.72. The van der Waals surface area contributed by atoms with Crippen LogP contribution in [0.25, 0.3) is 11.1 Å². The Morgan fingerprint density at radius 2 is 1.25 bits per heavy atom. The summed E-state index contributed by atoms with van der Waals surface area (Å²) in [5, 5.41) is 22.5. The molecule has 0 saturated carbocycles. The van der Waals surface area contributed by atoms with E-state index in [9.17, 15) is 10.2 Å². The fraction of sp³-hybridized carbons (Fsp3) is 0.200. The van der Waals surface area contributed by atoms with Crippen LogP contribution in [0.2, 0.25) is 0 Å². The van der Waals surface area contributed by atoms with Crippen LogP contribution in [0.4, 0.5) is 0 Å². The summed E-state index contributed by atoms with van der Waals surface area (Å²) in [6, 6.07) is 0. The SMILES string of the molecule is OCc1scc(Br)c1-c1c(Br)csc1CO. The summed E-state index contributed by atoms with van der Waals surface area (Å²) in [4.78, 5) is 1.81. The molecule has 2 nitrogen and oxygen atoms in total. The molecule has 16 heavy (non-hydrogen) atoms. The van der Waals surface area contributed by atoms with E-state index in [0.717, 1.165) is 29.8 Å². The molecular weight excluding hydrogens is 376 g/mol. The molecule has 0 fully saturated rings. The van der Waals surface area contributed by atoms with Crippen molar-refractivity contribution in [1.29, 1.82) is 0 Å². The summed E-state index contributed by atoms with van der Waals surface area (Å²) in [6.45, 7) is 0.0253. The van der Waals surface area contributed by atoms with Crippen LogP contribution in [0.1, 0.15) is 9.75 Å². The Kier molecular flexibility index (Phi) is 4.21. The predicted molar refractivity (Wildman–Crippen MR) is 74.9 cm³/mol. The largest absolute Gasteiger partial charge is 0.391 e. The third-order valence-corrected chi connectivity index (χ3v) is 5.98. The van der Waals surface area contributed by atoms with Crippen LogP contribution in [0.15, 0.2) is 19.7 Å². The normalized spacial score (nSPS) is 11.0. The van der Waals surface area contributed by atoms with Crippen molar-refractivity contribution in [3.05, 3.63) is 29.5 Å². The highest BCUT2D eigenvalue weighted by Gasteiger charge is 2.18. The zero-order valence-electron chi connectivity index (χ0n) is 8.04. The maximum atomic E-state index is 9.30. The molecule has 0 aliphatic heterocycles. The number of thiophene rings is 2. The summed E-state index contributed by atoms with van der Waals surface area (Å²) in [5.41, 5.74) is 1.95. The Bertz CT molecular complexity index is 459. The molecule has 2 aromatic heterocycles. The van der Waals surface area contributed by atoms with Gasteiger partial charge in [-0.05, 0) is 31.9 Å². The molecule has 0 aliphatic carbocycles. The lowest BCUT2D eigenvalue weighted by atomic mass is 10.1. The van der Waals surface area contributed by atoms with Crippen LogP contribution >= 0.6 is 54.5 Å². The molecule has 6 heteroatoms. The third-order valence-electron chi connectivity index (χ3n) is 2.18. The molecule has 2 rings (SSSR count). The maximum absolute atomic E-state index is 9.30. The average Bonchev–Trinajstić information content (AvgIpc) is 2.81. The van der Waals surface area contributed by atoms with E-state index >= 15 is 0 Å². The lowest BCUT2D eigenvalue weighted by Gasteiger charge is -2.05. The Balaban J connectivity index is 2.65. The van der Waals surface area contributed by atoms with Crippen molar-refractivity contribution >= 4 is 54.5 Å². The van der Waals surface area contributed by atoms with Gasteiger partial charge in [0.05, 0.1) is 13.2 Å². The van der Waals surface area contributed by atoms with E-state index in [2.05, 4.69) is 31.9 Å². The summed E-state index contributed by atoms with van der Waals surface area (Å²) in [6.07, 6.45) is 0. The molecular formula is C10H8Br2O2S2. The van der Waals surface area contributed by atoms with Gasteiger partial charge in [0.25, 0.3) is 0 Å². The highest BCUT2D eigenvalue weighted by Crippen LogP contribution is 2.44. The molecule has 0 amide bonds. The van der Waals surface area contributed by atoms with Gasteiger partial charge in [0.2, 0.25) is 0 Å². The van der Waals surface area contributed by atoms with Crippen molar-refractivity contribution in [3.63, 3.8) is 0 Å². The second kappa shape index (κ2) is 5.29. The number of aliphatic hydroxyl groups is 2. The minimum atomic E-state index is 0.0127. The average molecular weight is 384 g/mol. The van der Waals surface area contributed by atoms with Crippen LogP contribution in [0.3, 0.4) is 0 Å². The zero-order valence-corrected chi connectivity index (χ0v) is 12.8. The smallest absolute Gasteiger partial charge is 0.0781 e. The summed E-state index contributed by atoms with van der Waals surface area (Å²) in [7, 11) is 0. The van der Waals surface area contributed by atoms with E-state index in [-0.39, 0.29) is 13.2 Å². The molecule has 86 valence electrons. The Hall–Kier alpha value is 0.280. The Morgan fingerprint density at radius 3 is 1.56 bits per heavy atom. The van der Waals surface area contributed by atoms with Gasteiger partial charge >= 0.3 is 0 Å². The van der Waals surface area contributed by atoms with Crippen molar-refractivity contribution in [1.82, 2.24) is 0 Å². The fourth-order valence-corrected chi connectivity index (χ4v) is 4.73. The first kappa shape index (κ1) is 12.7. The number of halogens is 2. The van der Waals surface area contributed by atoms with Gasteiger partial charge in [-0.2, -0.15) is 0 Å². The molecule has 0 saturated heterocycles. The molecule has 0 bridgehead atoms. The minimum absolute atomic E-state index is 0.0127. The van der Waals surface area contributed by atoms with Gasteiger partial charge in [-0.3, -0.25) is 0 Å². The standard InChI is InChI=1S/C10H8Br2O2S2/c11-5-3-15-7(1-13)9(5)10-6(12)4-16-8(10)2-14/h3-4,13-14H,1-2H2. The minimum Gasteiger partial charge on any atom is -0.391 e. The van der Waals surface area contributed by atoms with Gasteiger partial charge in [-0.25, -0.2) is 0 Å². The highest BCUT2D eigenvalue weighted by molar-refractivity contribution is 9.11. The molecule has 0 atom stereocenters. The first-order valence-corrected chi connectivity index (χ1v) is 7.77. The molecule has 0 radical (unpaired) electrons. The van der Waals surface area contributed by atoms with E-state index in [0.29, 0.717) is 0 Å². The van der Waals surface area contributed by atoms with E-state index in [4.69, 9.17) is 0 Å². The lowest BCUT2D eigenvalue weighted by Crippen LogP contribution is -1.87. The first-order valence-electron chi connectivity index (χ1n) is 4.42. The van der Waals surface area contributed by atoms with Gasteiger partial charge < -0.3 is 10.2 Å². The van der Waals surface area contributed by atoms with E-state index in [1.54, 1.807) is 0 Å². The van der Waals surface area contributed by atoms with Crippen LogP contribution in [0, 0.1) is 0 Å². The topological polar surface area (TPSA) is 40.5 Å². The first-order chi connectivity index (χ1) is 7.69. The molecule has 2 heterocycles. The Morgan fingerprint density at radius 1 is 0.875 bits per heavy atom. The van der Waals surface area contributed by atoms with Crippen LogP contribution in [-0.2, 0) is 13.2 Å². The van der Waals surface area contributed by atoms with Crippen molar-refractivity contribution in [2.24, 2.45) is 0 Å². The molecule has 2 N–H and O–H groups in total. The molecule has 2 aromatic rings. The molecule has 0 aliphatic rings. The monoisotopic (exact) mass is 382 g/mol. The summed E-state index contributed by atoms with van der Waals surface area (Å²) in [5.74, 6) is 0. The lowest BCUT2D eigenvalue weighted by molar-refractivity contribution is 0.284. The van der Waals surface area contributed by atoms with Crippen molar-refractivity contribution < 1.29 is 10.2 Å². The van der Waals surface area contributed by atoms with Crippen LogP contribution < -0.4 is 0 Å². The van der Waals surface area contributed by atoms with Gasteiger partial charge in [0, 0.05) is 40.6 Å². The van der Waals surface area contributed by atoms with Gasteiger partial charge in [-0.1, -0.05) is 0 Å². The van der Waals surface area contributed by atoms with Crippen molar-refractivity contribution in [3.8, 4) is 11.1 Å². The predicted octanol–water partition coefficient (Wildman–Crippen LogP) is 3.99. The van der Waals surface area contributed by atoms with E-state index in [1.165, 1.54) is 22.7 Å². The van der Waals surface area contributed by atoms with Gasteiger partial charge in [0.15, 0.2) is 0 Å². The second-order valence-electron chi connectivity index (χ2n) is 3.08. The number of hydrogen-bond acceptors (Lipinski definition) is 4. The van der Waals surface area contributed by atoms with E-state index in [1.807, 2.05) is 10.8 Å². The highest BCUT2D eigenvalue weighted by atomic mass is 79.9. The van der Waals surface area contributed by atoms with E-state index < -0.39 is 0 Å². The zero-order chi connectivity index (χ0) is 11.7. The number of aliphatic hydroxyl groups excluding tert-OH is 2. The van der Waals surface area contributed by atoms with Crippen molar-refractivity contribution in [2.45, 2.75) is 13.2 Å². The maximum Gasteiger partial charge on any atom is 0.0781 e. The molecule has 0 aromatic carbocycles. The van der Waals surface area contributed by atoms with Crippen LogP contribution in [-0.4, -0.2) is 10.2 Å². The summed E-state index contributed by atoms with van der Waals surface area (Å²) < 4.78 is 1.91. The van der Waals surface area contributed by atoms with Gasteiger partial charge in [-0.15, -0.1) is 22.7 Å². The van der Waals surface area contributed by atoms with Crippen molar-refractivity contribution in [2.75, 3.05) is 0 Å². The fourth-order valence-electron chi connectivity index (χ4n) is 1.50. The Labute approximate surface area is 118 Å². The van der Waals surface area contributed by atoms with Crippen LogP contribution in [0.5, 0.6) is 0 Å². The molecule has 0 spiro atoms. The summed E-state index contributed by atoms with van der Waals surface area (Å²) >= 11 is 9.97. The number of rotatable bonds is 3. The quantitative estimate of drug-likeness (QED) is 0.841.